The molecule has 17 heavy (non-hydrogen) atoms. The van der Waals surface area contributed by atoms with Crippen molar-refractivity contribution in [3.8, 4) is 0 Å². The first-order chi connectivity index (χ1) is 8.18. The molecule has 0 bridgehead atoms. The predicted octanol–water partition coefficient (Wildman–Crippen LogP) is 0.413. The van der Waals surface area contributed by atoms with Gasteiger partial charge in [0.15, 0.2) is 0 Å². The van der Waals surface area contributed by atoms with Crippen LogP contribution in [-0.4, -0.2) is 44.9 Å². The van der Waals surface area contributed by atoms with Gasteiger partial charge in [-0.3, -0.25) is 14.6 Å². The Bertz CT molecular complexity index is 413. The van der Waals surface area contributed by atoms with E-state index in [2.05, 4.69) is 9.97 Å². The lowest BCUT2D eigenvalue weighted by atomic mass is 9.97. The molecular formula is C11H13N3O3. The molecule has 90 valence electrons. The highest BCUT2D eigenvalue weighted by Crippen LogP contribution is 2.18. The molecule has 1 N–H and O–H groups in total. The number of nitrogens with zero attached hydrogens (tertiary/aromatic N) is 3. The third kappa shape index (κ3) is 2.58. The third-order valence-corrected chi connectivity index (χ3v) is 2.91. The number of carboxylic acids is 1. The van der Waals surface area contributed by atoms with E-state index in [0.29, 0.717) is 31.6 Å². The van der Waals surface area contributed by atoms with Crippen LogP contribution in [0.5, 0.6) is 0 Å². The SMILES string of the molecule is O=C(O)C1CCN(C(=O)c2cnccn2)CC1. The predicted molar refractivity (Wildman–Crippen MR) is 58.3 cm³/mol. The van der Waals surface area contributed by atoms with E-state index in [1.807, 2.05) is 0 Å². The number of aliphatic carboxylic acids is 1. The van der Waals surface area contributed by atoms with Crippen LogP contribution in [-0.2, 0) is 4.79 Å². The van der Waals surface area contributed by atoms with Crippen LogP contribution in [0.1, 0.15) is 23.3 Å². The number of aromatic nitrogens is 2. The smallest absolute Gasteiger partial charge is 0.306 e. The molecule has 6 heteroatoms. The average molecular weight is 235 g/mol. The number of piperidine rings is 1. The number of amides is 1. The molecule has 2 heterocycles. The fraction of sp³-hybridized carbons (Fsp3) is 0.455. The highest BCUT2D eigenvalue weighted by molar-refractivity contribution is 5.92. The molecule has 0 aliphatic carbocycles. The summed E-state index contributed by atoms with van der Waals surface area (Å²) in [6, 6.07) is 0. The zero-order valence-electron chi connectivity index (χ0n) is 9.24. The molecule has 0 atom stereocenters. The summed E-state index contributed by atoms with van der Waals surface area (Å²) >= 11 is 0. The molecule has 1 amide bonds. The molecule has 0 aromatic carbocycles. The van der Waals surface area contributed by atoms with Gasteiger partial charge < -0.3 is 10.0 Å². The summed E-state index contributed by atoms with van der Waals surface area (Å²) in [7, 11) is 0. The molecule has 0 spiro atoms. The average Bonchev–Trinajstić information content (AvgIpc) is 2.39. The Morgan fingerprint density at radius 1 is 1.29 bits per heavy atom. The summed E-state index contributed by atoms with van der Waals surface area (Å²) in [4.78, 5) is 32.1. The van der Waals surface area contributed by atoms with Gasteiger partial charge in [-0.2, -0.15) is 0 Å². The van der Waals surface area contributed by atoms with Crippen LogP contribution < -0.4 is 0 Å². The monoisotopic (exact) mass is 235 g/mol. The van der Waals surface area contributed by atoms with Crippen molar-refractivity contribution in [3.05, 3.63) is 24.3 Å². The fourth-order valence-corrected chi connectivity index (χ4v) is 1.90. The summed E-state index contributed by atoms with van der Waals surface area (Å²) in [6.45, 7) is 0.929. The Morgan fingerprint density at radius 3 is 2.53 bits per heavy atom. The van der Waals surface area contributed by atoms with Crippen molar-refractivity contribution in [2.75, 3.05) is 13.1 Å². The van der Waals surface area contributed by atoms with Gasteiger partial charge in [-0.1, -0.05) is 0 Å². The van der Waals surface area contributed by atoms with Crippen LogP contribution in [0.25, 0.3) is 0 Å². The highest BCUT2D eigenvalue weighted by atomic mass is 16.4. The Balaban J connectivity index is 1.98. The number of hydrogen-bond donors (Lipinski definition) is 1. The van der Waals surface area contributed by atoms with Gasteiger partial charge in [0, 0.05) is 25.5 Å². The van der Waals surface area contributed by atoms with Crippen molar-refractivity contribution in [2.24, 2.45) is 5.92 Å². The van der Waals surface area contributed by atoms with Gasteiger partial charge >= 0.3 is 5.97 Å². The molecule has 0 unspecified atom stereocenters. The highest BCUT2D eigenvalue weighted by Gasteiger charge is 2.27. The maximum absolute atomic E-state index is 12.0. The summed E-state index contributed by atoms with van der Waals surface area (Å²) in [6.07, 6.45) is 5.40. The molecule has 1 aliphatic heterocycles. The quantitative estimate of drug-likeness (QED) is 0.802. The molecule has 1 aliphatic rings. The van der Waals surface area contributed by atoms with Crippen molar-refractivity contribution in [1.29, 1.82) is 0 Å². The van der Waals surface area contributed by atoms with Gasteiger partial charge in [0.05, 0.1) is 12.1 Å². The van der Waals surface area contributed by atoms with Crippen molar-refractivity contribution < 1.29 is 14.7 Å². The number of likely N-dealkylation sites (tertiary alicyclic amines) is 1. The van der Waals surface area contributed by atoms with E-state index in [1.54, 1.807) is 4.90 Å². The minimum atomic E-state index is -0.781. The van der Waals surface area contributed by atoms with E-state index in [-0.39, 0.29) is 11.8 Å². The number of hydrogen-bond acceptors (Lipinski definition) is 4. The van der Waals surface area contributed by atoms with Gasteiger partial charge in [0.25, 0.3) is 5.91 Å². The van der Waals surface area contributed by atoms with E-state index in [9.17, 15) is 9.59 Å². The first kappa shape index (κ1) is 11.5. The zero-order chi connectivity index (χ0) is 12.3. The van der Waals surface area contributed by atoms with Gasteiger partial charge in [-0.15, -0.1) is 0 Å². The summed E-state index contributed by atoms with van der Waals surface area (Å²) in [5, 5.41) is 8.85. The Morgan fingerprint density at radius 2 is 2.00 bits per heavy atom. The third-order valence-electron chi connectivity index (χ3n) is 2.91. The van der Waals surface area contributed by atoms with Crippen LogP contribution in [0.4, 0.5) is 0 Å². The van der Waals surface area contributed by atoms with E-state index >= 15 is 0 Å². The van der Waals surface area contributed by atoms with Crippen LogP contribution in [0.2, 0.25) is 0 Å². The van der Waals surface area contributed by atoms with E-state index in [0.717, 1.165) is 0 Å². The summed E-state index contributed by atoms with van der Waals surface area (Å²) in [5.74, 6) is -1.29. The molecule has 0 saturated carbocycles. The van der Waals surface area contributed by atoms with Gasteiger partial charge in [0.2, 0.25) is 0 Å². The first-order valence-corrected chi connectivity index (χ1v) is 5.46. The fourth-order valence-electron chi connectivity index (χ4n) is 1.90. The lowest BCUT2D eigenvalue weighted by Gasteiger charge is -2.29. The van der Waals surface area contributed by atoms with Crippen molar-refractivity contribution >= 4 is 11.9 Å². The molecule has 1 aromatic rings. The standard InChI is InChI=1S/C11H13N3O3/c15-10(9-7-12-3-4-13-9)14-5-1-8(2-6-14)11(16)17/h3-4,7-8H,1-2,5-6H2,(H,16,17). The Hall–Kier alpha value is -1.98. The second kappa shape index (κ2) is 4.90. The van der Waals surface area contributed by atoms with Crippen LogP contribution >= 0.6 is 0 Å². The number of rotatable bonds is 2. The Kier molecular flexibility index (Phi) is 3.32. The van der Waals surface area contributed by atoms with Crippen LogP contribution in [0.3, 0.4) is 0 Å². The van der Waals surface area contributed by atoms with Crippen molar-refractivity contribution in [2.45, 2.75) is 12.8 Å². The van der Waals surface area contributed by atoms with Gasteiger partial charge in [-0.25, -0.2) is 4.98 Å². The summed E-state index contributed by atoms with van der Waals surface area (Å²) in [5.41, 5.74) is 0.307. The van der Waals surface area contributed by atoms with Gasteiger partial charge in [0.1, 0.15) is 5.69 Å². The largest absolute Gasteiger partial charge is 0.481 e. The molecule has 0 radical (unpaired) electrons. The molecule has 1 fully saturated rings. The maximum atomic E-state index is 12.0. The van der Waals surface area contributed by atoms with Crippen molar-refractivity contribution in [1.82, 2.24) is 14.9 Å². The number of carbonyl (C=O) groups excluding carboxylic acids is 1. The normalized spacial score (nSPS) is 16.8. The number of carbonyl (C=O) groups is 2. The second-order valence-corrected chi connectivity index (χ2v) is 4.00. The van der Waals surface area contributed by atoms with E-state index < -0.39 is 5.97 Å². The lowest BCUT2D eigenvalue weighted by Crippen LogP contribution is -2.40. The van der Waals surface area contributed by atoms with Crippen LogP contribution in [0, 0.1) is 5.92 Å². The molecule has 2 rings (SSSR count). The maximum Gasteiger partial charge on any atom is 0.306 e. The van der Waals surface area contributed by atoms with E-state index in [4.69, 9.17) is 5.11 Å². The van der Waals surface area contributed by atoms with Crippen LogP contribution in [0.15, 0.2) is 18.6 Å². The Labute approximate surface area is 98.3 Å². The van der Waals surface area contributed by atoms with Gasteiger partial charge in [-0.05, 0) is 12.8 Å². The minimum Gasteiger partial charge on any atom is -0.481 e. The molecule has 1 aromatic heterocycles. The summed E-state index contributed by atoms with van der Waals surface area (Å²) < 4.78 is 0. The molecular weight excluding hydrogens is 222 g/mol. The van der Waals surface area contributed by atoms with Crippen molar-refractivity contribution in [3.63, 3.8) is 0 Å². The van der Waals surface area contributed by atoms with E-state index in [1.165, 1.54) is 18.6 Å². The molecule has 6 nitrogen and oxygen atoms in total. The molecule has 1 saturated heterocycles. The number of carboxylic acid groups (broad SMARTS) is 1. The first-order valence-electron chi connectivity index (χ1n) is 5.46. The second-order valence-electron chi connectivity index (χ2n) is 4.00. The zero-order valence-corrected chi connectivity index (χ0v) is 9.24. The lowest BCUT2D eigenvalue weighted by molar-refractivity contribution is -0.143. The topological polar surface area (TPSA) is 83.4 Å². The minimum absolute atomic E-state index is 0.179.